The Kier molecular flexibility index (Phi) is 8.43. The molecule has 0 radical (unpaired) electrons. The zero-order chi connectivity index (χ0) is 3.58. The second-order valence-electron chi connectivity index (χ2n) is 0.247. The molecule has 0 aromatic carbocycles. The van der Waals surface area contributed by atoms with Crippen LogP contribution in [0.5, 0.6) is 0 Å². The Balaban J connectivity index is 0. The Morgan fingerprint density at radius 2 is 1.00 bits per heavy atom. The Bertz CT molecular complexity index is 11.6. The molecule has 0 spiro atoms. The summed E-state index contributed by atoms with van der Waals surface area (Å²) >= 11 is 0. The molecular formula is CH4F3Sb. The molecule has 0 fully saturated rings. The minimum atomic E-state index is -3.67. The van der Waals surface area contributed by atoms with Gasteiger partial charge in [0, 0.05) is 0 Å². The number of halogens is 3. The van der Waals surface area contributed by atoms with Gasteiger partial charge >= 0.3 is 31.1 Å². The molecule has 0 saturated carbocycles. The number of alkyl halides is 3. The van der Waals surface area contributed by atoms with Gasteiger partial charge in [0.05, 0.1) is 0 Å². The van der Waals surface area contributed by atoms with Gasteiger partial charge in [-0.2, -0.15) is 13.2 Å². The number of rotatable bonds is 0. The van der Waals surface area contributed by atoms with Crippen molar-refractivity contribution in [3.63, 3.8) is 0 Å². The fourth-order valence-electron chi connectivity index (χ4n) is 0. The predicted octanol–water partition coefficient (Wildman–Crippen LogP) is -0.00540. The summed E-state index contributed by atoms with van der Waals surface area (Å²) in [5.41, 5.74) is 0. The van der Waals surface area contributed by atoms with Gasteiger partial charge in [0.1, 0.15) is 0 Å². The van der Waals surface area contributed by atoms with Crippen LogP contribution < -0.4 is 0 Å². The van der Waals surface area contributed by atoms with Gasteiger partial charge in [0.25, 0.3) is 0 Å². The summed E-state index contributed by atoms with van der Waals surface area (Å²) in [7, 11) is 0. The van der Waals surface area contributed by atoms with Crippen LogP contribution in [0.3, 0.4) is 0 Å². The molecule has 0 bridgehead atoms. The first-order valence-corrected chi connectivity index (χ1v) is 0.655. The van der Waals surface area contributed by atoms with Gasteiger partial charge in [0.2, 0.25) is 0 Å². The fraction of sp³-hybridized carbons (Fsp3) is 1.00. The first-order valence-electron chi connectivity index (χ1n) is 0.655. The van der Waals surface area contributed by atoms with Crippen LogP contribution in [0.4, 0.5) is 13.2 Å². The zero-order valence-corrected chi connectivity index (χ0v) is 6.45. The second kappa shape index (κ2) is 4.61. The molecule has 0 aliphatic carbocycles. The molecule has 34 valence electrons. The molecule has 4 heteroatoms. The van der Waals surface area contributed by atoms with Crippen molar-refractivity contribution in [3.8, 4) is 0 Å². The van der Waals surface area contributed by atoms with Crippen molar-refractivity contribution in [2.45, 2.75) is 6.68 Å². The molecule has 0 amide bonds. The number of hydrogen-bond acceptors (Lipinski definition) is 0. The molecule has 0 saturated heterocycles. The van der Waals surface area contributed by atoms with E-state index in [0.29, 0.717) is 0 Å². The van der Waals surface area contributed by atoms with Gasteiger partial charge in [-0.3, -0.25) is 0 Å². The van der Waals surface area contributed by atoms with Gasteiger partial charge < -0.3 is 0 Å². The standard InChI is InChI=1S/CHF3.Sb.3H/c2-1(3)4;;;;/h1H;;;;. The van der Waals surface area contributed by atoms with Gasteiger partial charge in [-0.1, -0.05) is 0 Å². The van der Waals surface area contributed by atoms with E-state index >= 15 is 0 Å². The molecule has 0 atom stereocenters. The average Bonchev–Trinajstić information content (AvgIpc) is 0.811. The predicted molar refractivity (Wildman–Crippen MR) is 17.1 cm³/mol. The topological polar surface area (TPSA) is 0 Å². The van der Waals surface area contributed by atoms with E-state index in [1.807, 2.05) is 0 Å². The normalized spacial score (nSPS) is 7.20. The van der Waals surface area contributed by atoms with Crippen molar-refractivity contribution in [1.82, 2.24) is 0 Å². The quantitative estimate of drug-likeness (QED) is 0.477. The van der Waals surface area contributed by atoms with E-state index in [9.17, 15) is 13.2 Å². The van der Waals surface area contributed by atoms with Crippen LogP contribution in [0.15, 0.2) is 0 Å². The van der Waals surface area contributed by atoms with E-state index in [0.717, 1.165) is 0 Å². The molecule has 0 aliphatic heterocycles. The molecule has 0 aliphatic rings. The molecule has 0 N–H and O–H groups in total. The van der Waals surface area contributed by atoms with Crippen molar-refractivity contribution in [3.05, 3.63) is 0 Å². The molecule has 0 unspecified atom stereocenters. The second-order valence-corrected chi connectivity index (χ2v) is 0.247. The van der Waals surface area contributed by atoms with Crippen LogP contribution >= 0.6 is 0 Å². The molecular weight excluding hydrogens is 191 g/mol. The van der Waals surface area contributed by atoms with Gasteiger partial charge in [-0.05, 0) is 0 Å². The summed E-state index contributed by atoms with van der Waals surface area (Å²) in [6.45, 7) is -3.67. The number of hydrogen-bond donors (Lipinski definition) is 0. The van der Waals surface area contributed by atoms with Crippen LogP contribution in [-0.4, -0.2) is 31.1 Å². The van der Waals surface area contributed by atoms with E-state index in [4.69, 9.17) is 0 Å². The van der Waals surface area contributed by atoms with Crippen molar-refractivity contribution in [2.24, 2.45) is 0 Å². The third-order valence-electron chi connectivity index (χ3n) is 0. The van der Waals surface area contributed by atoms with Crippen LogP contribution in [0.1, 0.15) is 0 Å². The molecule has 0 aromatic rings. The summed E-state index contributed by atoms with van der Waals surface area (Å²) in [6, 6.07) is 0. The van der Waals surface area contributed by atoms with E-state index in [1.54, 1.807) is 0 Å². The van der Waals surface area contributed by atoms with Gasteiger partial charge in [0.15, 0.2) is 0 Å². The van der Waals surface area contributed by atoms with Crippen molar-refractivity contribution >= 4 is 24.4 Å². The van der Waals surface area contributed by atoms with Crippen LogP contribution in [0.2, 0.25) is 0 Å². The summed E-state index contributed by atoms with van der Waals surface area (Å²) in [5, 5.41) is 0. The first-order chi connectivity index (χ1) is 1.73. The minimum absolute atomic E-state index is 0. The summed E-state index contributed by atoms with van der Waals surface area (Å²) in [4.78, 5) is 0. The van der Waals surface area contributed by atoms with Crippen LogP contribution in [0, 0.1) is 0 Å². The molecule has 0 aromatic heterocycles. The molecule has 5 heavy (non-hydrogen) atoms. The zero-order valence-electron chi connectivity index (χ0n) is 2.42. The van der Waals surface area contributed by atoms with E-state index in [1.165, 1.54) is 0 Å². The third-order valence-corrected chi connectivity index (χ3v) is 0. The fourth-order valence-corrected chi connectivity index (χ4v) is 0. The summed E-state index contributed by atoms with van der Waals surface area (Å²) < 4.78 is 29.0. The van der Waals surface area contributed by atoms with Gasteiger partial charge in [-0.25, -0.2) is 0 Å². The molecule has 0 heterocycles. The molecule has 0 nitrogen and oxygen atoms in total. The van der Waals surface area contributed by atoms with Gasteiger partial charge in [-0.15, -0.1) is 0 Å². The SMILES string of the molecule is FC(F)F.[SbH3]. The van der Waals surface area contributed by atoms with Crippen molar-refractivity contribution < 1.29 is 13.2 Å². The van der Waals surface area contributed by atoms with E-state index in [2.05, 4.69) is 0 Å². The maximum absolute atomic E-state index is 9.67. The van der Waals surface area contributed by atoms with Crippen molar-refractivity contribution in [2.75, 3.05) is 0 Å². The van der Waals surface area contributed by atoms with Crippen molar-refractivity contribution in [1.29, 1.82) is 0 Å². The first kappa shape index (κ1) is 9.15. The summed E-state index contributed by atoms with van der Waals surface area (Å²) in [6.07, 6.45) is 0. The molecule has 0 rings (SSSR count). The van der Waals surface area contributed by atoms with E-state index in [-0.39, 0.29) is 24.4 Å². The Morgan fingerprint density at radius 1 is 1.00 bits per heavy atom. The third kappa shape index (κ3) is 84.7. The maximum atomic E-state index is 9.67. The van der Waals surface area contributed by atoms with Crippen LogP contribution in [-0.2, 0) is 0 Å². The Labute approximate surface area is 44.8 Å². The van der Waals surface area contributed by atoms with Crippen LogP contribution in [0.25, 0.3) is 0 Å². The summed E-state index contributed by atoms with van der Waals surface area (Å²) in [5.74, 6) is 0. The monoisotopic (exact) mass is 194 g/mol. The Hall–Kier alpha value is 0.608. The Morgan fingerprint density at radius 3 is 1.00 bits per heavy atom. The average molecular weight is 195 g/mol. The van der Waals surface area contributed by atoms with E-state index < -0.39 is 6.68 Å².